The van der Waals surface area contributed by atoms with Crippen molar-refractivity contribution in [2.75, 3.05) is 26.9 Å². The Morgan fingerprint density at radius 2 is 1.09 bits per heavy atom. The van der Waals surface area contributed by atoms with E-state index in [2.05, 4.69) is 0 Å². The molecule has 3 aliphatic heterocycles. The van der Waals surface area contributed by atoms with Gasteiger partial charge in [-0.05, 0) is 0 Å². The Balaban J connectivity index is 1.67. The van der Waals surface area contributed by atoms with E-state index in [0.717, 1.165) is 0 Å². The molecule has 3 aliphatic rings. The molecule has 15 heteroatoms. The van der Waals surface area contributed by atoms with Crippen LogP contribution in [0.1, 0.15) is 0 Å². The maximum absolute atomic E-state index is 10.7. The summed E-state index contributed by atoms with van der Waals surface area (Å²) in [4.78, 5) is 0. The number of aliphatic hydroxyl groups is 9. The minimum atomic E-state index is -1.78. The van der Waals surface area contributed by atoms with Crippen molar-refractivity contribution in [3.63, 3.8) is 0 Å². The summed E-state index contributed by atoms with van der Waals surface area (Å²) in [7, 11) is 1.21. The van der Waals surface area contributed by atoms with Gasteiger partial charge in [-0.3, -0.25) is 0 Å². The molecule has 0 amide bonds. The largest absolute Gasteiger partial charge is 0.394 e. The van der Waals surface area contributed by atoms with E-state index in [-0.39, 0.29) is 0 Å². The third kappa shape index (κ3) is 5.48. The van der Waals surface area contributed by atoms with Crippen LogP contribution in [0, 0.1) is 0 Å². The van der Waals surface area contributed by atoms with Crippen molar-refractivity contribution in [3.8, 4) is 0 Å². The maximum atomic E-state index is 10.7. The molecule has 194 valence electrons. The van der Waals surface area contributed by atoms with Crippen molar-refractivity contribution in [2.24, 2.45) is 0 Å². The van der Waals surface area contributed by atoms with Gasteiger partial charge in [0, 0.05) is 7.11 Å². The Kier molecular flexibility index (Phi) is 9.35. The van der Waals surface area contributed by atoms with E-state index < -0.39 is 106 Å². The summed E-state index contributed by atoms with van der Waals surface area (Å²) in [6.07, 6.45) is -20.6. The van der Waals surface area contributed by atoms with Gasteiger partial charge in [-0.2, -0.15) is 0 Å². The van der Waals surface area contributed by atoms with Crippen LogP contribution in [0.2, 0.25) is 0 Å². The minimum absolute atomic E-state index is 0.436. The van der Waals surface area contributed by atoms with Gasteiger partial charge in [-0.25, -0.2) is 0 Å². The zero-order chi connectivity index (χ0) is 24.4. The number of aliphatic hydroxyl groups excluding tert-OH is 9. The second-order valence-corrected chi connectivity index (χ2v) is 8.10. The van der Waals surface area contributed by atoms with Crippen molar-refractivity contribution < 1.29 is 74.4 Å². The lowest BCUT2D eigenvalue weighted by Crippen LogP contribution is -2.64. The van der Waals surface area contributed by atoms with Gasteiger partial charge in [0.2, 0.25) is 0 Å². The van der Waals surface area contributed by atoms with Crippen LogP contribution in [0.5, 0.6) is 0 Å². The van der Waals surface area contributed by atoms with Crippen LogP contribution in [-0.4, -0.2) is 159 Å². The molecule has 33 heavy (non-hydrogen) atoms. The average molecular weight is 488 g/mol. The van der Waals surface area contributed by atoms with Gasteiger partial charge in [-0.15, -0.1) is 0 Å². The fraction of sp³-hybridized carbons (Fsp3) is 1.00. The van der Waals surface area contributed by atoms with Crippen LogP contribution < -0.4 is 0 Å². The molecule has 0 saturated carbocycles. The van der Waals surface area contributed by atoms with Gasteiger partial charge in [-0.1, -0.05) is 0 Å². The fourth-order valence-corrected chi connectivity index (χ4v) is 3.92. The van der Waals surface area contributed by atoms with Crippen LogP contribution in [0.3, 0.4) is 0 Å². The Morgan fingerprint density at radius 1 is 0.576 bits per heavy atom. The van der Waals surface area contributed by atoms with Crippen LogP contribution in [0.25, 0.3) is 0 Å². The quantitative estimate of drug-likeness (QED) is 0.154. The second-order valence-electron chi connectivity index (χ2n) is 8.10. The van der Waals surface area contributed by atoms with E-state index in [1.807, 2.05) is 0 Å². The van der Waals surface area contributed by atoms with Crippen LogP contribution in [-0.2, 0) is 28.4 Å². The van der Waals surface area contributed by atoms with E-state index in [0.29, 0.717) is 0 Å². The maximum Gasteiger partial charge on any atom is 0.187 e. The van der Waals surface area contributed by atoms with Gasteiger partial charge in [0.25, 0.3) is 0 Å². The van der Waals surface area contributed by atoms with E-state index in [1.54, 1.807) is 0 Å². The number of hydrogen-bond acceptors (Lipinski definition) is 15. The smallest absolute Gasteiger partial charge is 0.187 e. The number of methoxy groups -OCH3 is 1. The highest BCUT2D eigenvalue weighted by Gasteiger charge is 2.51. The molecule has 0 bridgehead atoms. The highest BCUT2D eigenvalue weighted by molar-refractivity contribution is 4.94. The molecule has 0 aromatic rings. The van der Waals surface area contributed by atoms with Crippen molar-refractivity contribution in [2.45, 2.75) is 86.0 Å². The first kappa shape index (κ1) is 27.0. The second kappa shape index (κ2) is 11.4. The summed E-state index contributed by atoms with van der Waals surface area (Å²) >= 11 is 0. The van der Waals surface area contributed by atoms with Gasteiger partial charge in [0.1, 0.15) is 67.1 Å². The average Bonchev–Trinajstić information content (AvgIpc) is 3.09. The van der Waals surface area contributed by atoms with E-state index in [4.69, 9.17) is 33.5 Å². The third-order valence-electron chi connectivity index (χ3n) is 5.94. The van der Waals surface area contributed by atoms with Crippen LogP contribution in [0.4, 0.5) is 0 Å². The topological polar surface area (TPSA) is 237 Å². The molecule has 0 aromatic heterocycles. The first-order valence-electron chi connectivity index (χ1n) is 10.4. The minimum Gasteiger partial charge on any atom is -0.394 e. The highest BCUT2D eigenvalue weighted by Crippen LogP contribution is 2.30. The van der Waals surface area contributed by atoms with Gasteiger partial charge >= 0.3 is 0 Å². The van der Waals surface area contributed by atoms with Crippen LogP contribution in [0.15, 0.2) is 0 Å². The molecule has 0 unspecified atom stereocenters. The molecule has 0 radical (unpaired) electrons. The van der Waals surface area contributed by atoms with Gasteiger partial charge < -0.3 is 74.4 Å². The predicted molar refractivity (Wildman–Crippen MR) is 100 cm³/mol. The Labute approximate surface area is 188 Å². The van der Waals surface area contributed by atoms with Crippen LogP contribution >= 0.6 is 0 Å². The standard InChI is InChI=1S/C18H32O15/c1-28-16-14(27)15(33-18-13(26)11(24)8(21)5(2-19)31-18)10(23)7(32-16)4-29-17-12(25)9(22)6(3-20)30-17/h5-27H,2-4H2,1H3/t5-,6+,7-,8+,9+,10+,11+,12-,13-,14-,15+,16+,17-,18+/m1/s1. The Morgan fingerprint density at radius 3 is 1.67 bits per heavy atom. The zero-order valence-electron chi connectivity index (χ0n) is 17.7. The molecule has 3 fully saturated rings. The Hall–Kier alpha value is -0.600. The summed E-state index contributed by atoms with van der Waals surface area (Å²) in [5.41, 5.74) is 0. The summed E-state index contributed by atoms with van der Waals surface area (Å²) in [5, 5.41) is 89.5. The normalized spacial score (nSPS) is 51.1. The first-order chi connectivity index (χ1) is 15.6. The van der Waals surface area contributed by atoms with Gasteiger partial charge in [0.15, 0.2) is 18.9 Å². The summed E-state index contributed by atoms with van der Waals surface area (Å²) in [6.45, 7) is -1.70. The first-order valence-corrected chi connectivity index (χ1v) is 10.4. The lowest BCUT2D eigenvalue weighted by atomic mass is 9.97. The molecule has 0 aromatic carbocycles. The monoisotopic (exact) mass is 488 g/mol. The summed E-state index contributed by atoms with van der Waals surface area (Å²) < 4.78 is 31.8. The number of rotatable bonds is 8. The third-order valence-corrected chi connectivity index (χ3v) is 5.94. The molecule has 3 saturated heterocycles. The van der Waals surface area contributed by atoms with Crippen molar-refractivity contribution in [3.05, 3.63) is 0 Å². The molecule has 3 rings (SSSR count). The van der Waals surface area contributed by atoms with Crippen molar-refractivity contribution in [1.82, 2.24) is 0 Å². The highest BCUT2D eigenvalue weighted by atomic mass is 16.7. The molecule has 9 N–H and O–H groups in total. The SMILES string of the molecule is CO[C@H]1O[C@H](CO[C@@H]2O[C@@H](CO)[C@H](O)[C@H]2O)[C@H](O)[C@H](O[C@@H]2O[C@H](CO)[C@H](O)[C@H](O)[C@H]2O)[C@H]1O. The summed E-state index contributed by atoms with van der Waals surface area (Å²) in [5.74, 6) is 0. The predicted octanol–water partition coefficient (Wildman–Crippen LogP) is -6.28. The summed E-state index contributed by atoms with van der Waals surface area (Å²) in [6, 6.07) is 0. The Bertz CT molecular complexity index is 609. The lowest BCUT2D eigenvalue weighted by molar-refractivity contribution is -0.360. The molecule has 3 heterocycles. The van der Waals surface area contributed by atoms with E-state index >= 15 is 0 Å². The molecule has 0 aliphatic carbocycles. The molecule has 15 nitrogen and oxygen atoms in total. The number of ether oxygens (including phenoxy) is 6. The van der Waals surface area contributed by atoms with Gasteiger partial charge in [0.05, 0.1) is 19.8 Å². The molecular weight excluding hydrogens is 456 g/mol. The van der Waals surface area contributed by atoms with Crippen molar-refractivity contribution >= 4 is 0 Å². The fourth-order valence-electron chi connectivity index (χ4n) is 3.92. The lowest BCUT2D eigenvalue weighted by Gasteiger charge is -2.46. The molecule has 0 spiro atoms. The van der Waals surface area contributed by atoms with Crippen molar-refractivity contribution in [1.29, 1.82) is 0 Å². The zero-order valence-corrected chi connectivity index (χ0v) is 17.7. The molecular formula is C18H32O15. The molecule has 14 atom stereocenters. The van der Waals surface area contributed by atoms with E-state index in [1.165, 1.54) is 7.11 Å². The number of hydrogen-bond donors (Lipinski definition) is 9. The van der Waals surface area contributed by atoms with E-state index in [9.17, 15) is 40.9 Å².